The molecule has 0 saturated carbocycles. The second-order valence-electron chi connectivity index (χ2n) is 5.57. The molecule has 0 saturated heterocycles. The molecule has 0 fully saturated rings. The zero-order valence-electron chi connectivity index (χ0n) is 13.8. The van der Waals surface area contributed by atoms with Gasteiger partial charge < -0.3 is 9.84 Å². The normalized spacial score (nSPS) is 10.9. The largest absolute Gasteiger partial charge is 0.481 e. The third-order valence-corrected chi connectivity index (χ3v) is 3.96. The fourth-order valence-electron chi connectivity index (χ4n) is 2.02. The van der Waals surface area contributed by atoms with Gasteiger partial charge in [-0.1, -0.05) is 25.6 Å². The van der Waals surface area contributed by atoms with Gasteiger partial charge in [0.25, 0.3) is 0 Å². The van der Waals surface area contributed by atoms with E-state index in [-0.39, 0.29) is 25.0 Å². The Kier molecular flexibility index (Phi) is 6.69. The van der Waals surface area contributed by atoms with Gasteiger partial charge >= 0.3 is 5.97 Å². The van der Waals surface area contributed by atoms with Crippen LogP contribution in [0.3, 0.4) is 0 Å². The minimum atomic E-state index is -1.03. The van der Waals surface area contributed by atoms with Crippen LogP contribution in [0.15, 0.2) is 29.6 Å². The summed E-state index contributed by atoms with van der Waals surface area (Å²) in [5.74, 6) is -3.27. The van der Waals surface area contributed by atoms with Crippen LogP contribution in [0.25, 0.3) is 0 Å². The summed E-state index contributed by atoms with van der Waals surface area (Å²) in [5.41, 5.74) is 0.773. The number of carboxylic acids is 1. The Morgan fingerprint density at radius 1 is 1.32 bits per heavy atom. The second kappa shape index (κ2) is 8.75. The Balaban J connectivity index is 2.06. The third kappa shape index (κ3) is 5.97. The summed E-state index contributed by atoms with van der Waals surface area (Å²) < 4.78 is 33.3. The number of carboxylic acid groups (broad SMARTS) is 1. The molecule has 1 aromatic heterocycles. The molecule has 0 bridgehead atoms. The van der Waals surface area contributed by atoms with Gasteiger partial charge in [0.15, 0.2) is 22.5 Å². The summed E-state index contributed by atoms with van der Waals surface area (Å²) in [6.45, 7) is 3.91. The van der Waals surface area contributed by atoms with Crippen LogP contribution in [0.1, 0.15) is 31.5 Å². The van der Waals surface area contributed by atoms with Crippen molar-refractivity contribution in [3.8, 4) is 5.75 Å². The summed E-state index contributed by atoms with van der Waals surface area (Å²) in [4.78, 5) is 18.9. The lowest BCUT2D eigenvalue weighted by atomic mass is 10.1. The summed E-state index contributed by atoms with van der Waals surface area (Å²) in [7, 11) is 0. The molecule has 8 heteroatoms. The molecule has 0 atom stereocenters. The molecule has 0 unspecified atom stereocenters. The van der Waals surface area contributed by atoms with Crippen molar-refractivity contribution < 1.29 is 23.4 Å². The van der Waals surface area contributed by atoms with Crippen LogP contribution < -0.4 is 4.74 Å². The number of hydrogen-bond donors (Lipinski definition) is 1. The molecule has 2 rings (SSSR count). The van der Waals surface area contributed by atoms with E-state index in [9.17, 15) is 13.6 Å². The molecule has 0 aliphatic rings. The summed E-state index contributed by atoms with van der Waals surface area (Å²) in [5, 5.41) is 9.51. The lowest BCUT2D eigenvalue weighted by molar-refractivity contribution is -0.136. The Labute approximate surface area is 148 Å². The van der Waals surface area contributed by atoms with Gasteiger partial charge in [0.05, 0.1) is 5.69 Å². The standard InChI is InChI=1S/C17H18F2N2O3S/c1-10(2)25-17-20-6-5-12(21-17)9-24-16-13(18)7-11(8-14(16)19)3-4-15(22)23/h5-8,10H,3-4,9H2,1-2H3,(H,22,23). The first kappa shape index (κ1) is 19.1. The predicted octanol–water partition coefficient (Wildman–Crippen LogP) is 3.85. The first-order valence-corrected chi connectivity index (χ1v) is 8.54. The molecule has 1 aromatic carbocycles. The van der Waals surface area contributed by atoms with Crippen molar-refractivity contribution in [2.75, 3.05) is 0 Å². The highest BCUT2D eigenvalue weighted by molar-refractivity contribution is 7.99. The Morgan fingerprint density at radius 2 is 2.00 bits per heavy atom. The van der Waals surface area contributed by atoms with E-state index in [1.54, 1.807) is 12.3 Å². The van der Waals surface area contributed by atoms with Gasteiger partial charge in [-0.3, -0.25) is 4.79 Å². The zero-order valence-corrected chi connectivity index (χ0v) is 14.6. The summed E-state index contributed by atoms with van der Waals surface area (Å²) >= 11 is 1.48. The van der Waals surface area contributed by atoms with E-state index in [1.807, 2.05) is 13.8 Å². The summed E-state index contributed by atoms with van der Waals surface area (Å²) in [6.07, 6.45) is 1.42. The number of carbonyl (C=O) groups is 1. The highest BCUT2D eigenvalue weighted by Crippen LogP contribution is 2.25. The second-order valence-corrected chi connectivity index (χ2v) is 7.11. The van der Waals surface area contributed by atoms with Crippen molar-refractivity contribution in [1.29, 1.82) is 0 Å². The molecule has 2 aromatic rings. The van der Waals surface area contributed by atoms with Crippen LogP contribution in [0.5, 0.6) is 5.75 Å². The average Bonchev–Trinajstić information content (AvgIpc) is 2.52. The maximum Gasteiger partial charge on any atom is 0.303 e. The van der Waals surface area contributed by atoms with Crippen molar-refractivity contribution in [2.24, 2.45) is 0 Å². The molecule has 0 amide bonds. The van der Waals surface area contributed by atoms with Crippen molar-refractivity contribution in [3.63, 3.8) is 0 Å². The van der Waals surface area contributed by atoms with Gasteiger partial charge in [-0.2, -0.15) is 0 Å². The van der Waals surface area contributed by atoms with E-state index < -0.39 is 23.4 Å². The average molecular weight is 368 g/mol. The van der Waals surface area contributed by atoms with Crippen molar-refractivity contribution in [1.82, 2.24) is 9.97 Å². The molecule has 134 valence electrons. The number of ether oxygens (including phenoxy) is 1. The predicted molar refractivity (Wildman–Crippen MR) is 89.7 cm³/mol. The van der Waals surface area contributed by atoms with Crippen LogP contribution in [0, 0.1) is 11.6 Å². The number of aryl methyl sites for hydroxylation is 1. The quantitative estimate of drug-likeness (QED) is 0.564. The van der Waals surface area contributed by atoms with Gasteiger partial charge in [-0.25, -0.2) is 18.7 Å². The van der Waals surface area contributed by atoms with Crippen molar-refractivity contribution in [2.45, 2.75) is 43.7 Å². The number of aliphatic carboxylic acids is 1. The maximum atomic E-state index is 14.0. The number of aromatic nitrogens is 2. The molecule has 0 aliphatic heterocycles. The maximum absolute atomic E-state index is 14.0. The minimum Gasteiger partial charge on any atom is -0.481 e. The highest BCUT2D eigenvalue weighted by atomic mass is 32.2. The van der Waals surface area contributed by atoms with Gasteiger partial charge in [-0.05, 0) is 30.2 Å². The molecule has 0 aliphatic carbocycles. The smallest absolute Gasteiger partial charge is 0.303 e. The fourth-order valence-corrected chi connectivity index (χ4v) is 2.73. The Morgan fingerprint density at radius 3 is 2.60 bits per heavy atom. The molecule has 1 N–H and O–H groups in total. The van der Waals surface area contributed by atoms with E-state index in [1.165, 1.54) is 11.8 Å². The molecule has 5 nitrogen and oxygen atoms in total. The zero-order chi connectivity index (χ0) is 18.4. The van der Waals surface area contributed by atoms with E-state index in [2.05, 4.69) is 9.97 Å². The molecule has 0 radical (unpaired) electrons. The molecular formula is C17H18F2N2O3S. The van der Waals surface area contributed by atoms with E-state index in [0.29, 0.717) is 16.1 Å². The summed E-state index contributed by atoms with van der Waals surface area (Å²) in [6, 6.07) is 3.78. The number of benzene rings is 1. The van der Waals surface area contributed by atoms with Crippen LogP contribution in [0.2, 0.25) is 0 Å². The topological polar surface area (TPSA) is 72.3 Å². The monoisotopic (exact) mass is 368 g/mol. The Bertz CT molecular complexity index is 733. The van der Waals surface area contributed by atoms with Gasteiger partial charge in [-0.15, -0.1) is 0 Å². The fraction of sp³-hybridized carbons (Fsp3) is 0.353. The van der Waals surface area contributed by atoms with E-state index in [4.69, 9.17) is 9.84 Å². The number of rotatable bonds is 8. The van der Waals surface area contributed by atoms with Gasteiger partial charge in [0.1, 0.15) is 6.61 Å². The Hall–Kier alpha value is -2.22. The van der Waals surface area contributed by atoms with Crippen LogP contribution in [0.4, 0.5) is 8.78 Å². The van der Waals surface area contributed by atoms with Gasteiger partial charge in [0.2, 0.25) is 0 Å². The van der Waals surface area contributed by atoms with Crippen LogP contribution in [-0.4, -0.2) is 26.3 Å². The number of nitrogens with zero attached hydrogens (tertiary/aromatic N) is 2. The SMILES string of the molecule is CC(C)Sc1nccc(COc2c(F)cc(CCC(=O)O)cc2F)n1. The molecule has 25 heavy (non-hydrogen) atoms. The van der Waals surface area contributed by atoms with Crippen LogP contribution in [-0.2, 0) is 17.8 Å². The minimum absolute atomic E-state index is 0.0468. The lowest BCUT2D eigenvalue weighted by Crippen LogP contribution is -2.05. The van der Waals surface area contributed by atoms with Crippen molar-refractivity contribution >= 4 is 17.7 Å². The molecular weight excluding hydrogens is 350 g/mol. The first-order chi connectivity index (χ1) is 11.8. The number of thioether (sulfide) groups is 1. The first-order valence-electron chi connectivity index (χ1n) is 7.66. The number of hydrogen-bond acceptors (Lipinski definition) is 5. The third-order valence-electron chi connectivity index (χ3n) is 3.08. The molecule has 1 heterocycles. The van der Waals surface area contributed by atoms with Gasteiger partial charge in [0, 0.05) is 17.9 Å². The van der Waals surface area contributed by atoms with E-state index in [0.717, 1.165) is 12.1 Å². The van der Waals surface area contributed by atoms with E-state index >= 15 is 0 Å². The number of halogens is 2. The highest BCUT2D eigenvalue weighted by Gasteiger charge is 2.14. The van der Waals surface area contributed by atoms with Crippen molar-refractivity contribution in [3.05, 3.63) is 47.3 Å². The lowest BCUT2D eigenvalue weighted by Gasteiger charge is -2.10. The van der Waals surface area contributed by atoms with Crippen LogP contribution >= 0.6 is 11.8 Å². The molecule has 0 spiro atoms.